The number of hydrogen-bond donors (Lipinski definition) is 1. The zero-order valence-corrected chi connectivity index (χ0v) is 17.0. The summed E-state index contributed by atoms with van der Waals surface area (Å²) in [5.41, 5.74) is -2.81. The molecule has 6 rings (SSSR count). The number of benzene rings is 2. The fourth-order valence-corrected chi connectivity index (χ4v) is 6.31. The van der Waals surface area contributed by atoms with Gasteiger partial charge in [0.15, 0.2) is 0 Å². The first kappa shape index (κ1) is 20.3. The zero-order chi connectivity index (χ0) is 23.3. The van der Waals surface area contributed by atoms with E-state index in [0.717, 1.165) is 23.1 Å². The highest BCUT2D eigenvalue weighted by Gasteiger charge is 2.75. The van der Waals surface area contributed by atoms with Crippen LogP contribution in [0, 0.1) is 17.7 Å². The molecule has 4 heterocycles. The summed E-state index contributed by atoms with van der Waals surface area (Å²) in [6, 6.07) is 7.93. The minimum Gasteiger partial charge on any atom is -0.323 e. The molecule has 0 aliphatic carbocycles. The Labute approximate surface area is 185 Å². The largest absolute Gasteiger partial charge is 0.418 e. The van der Waals surface area contributed by atoms with Crippen molar-refractivity contribution >= 4 is 29.1 Å². The molecule has 170 valence electrons. The van der Waals surface area contributed by atoms with Crippen molar-refractivity contribution in [3.8, 4) is 0 Å². The van der Waals surface area contributed by atoms with Crippen LogP contribution in [-0.2, 0) is 26.1 Å². The Kier molecular flexibility index (Phi) is 3.95. The number of imide groups is 1. The molecule has 10 heteroatoms. The molecular formula is C23H17F4N3O3. The van der Waals surface area contributed by atoms with Gasteiger partial charge in [-0.3, -0.25) is 19.3 Å². The number of alkyl halides is 3. The van der Waals surface area contributed by atoms with Crippen LogP contribution in [0.2, 0.25) is 0 Å². The monoisotopic (exact) mass is 459 g/mol. The van der Waals surface area contributed by atoms with E-state index >= 15 is 0 Å². The number of carbonyl (C=O) groups is 3. The number of rotatable bonds is 1. The van der Waals surface area contributed by atoms with Crippen LogP contribution >= 0.6 is 0 Å². The Balaban J connectivity index is 1.56. The number of nitrogens with zero attached hydrogens (tertiary/aromatic N) is 2. The molecule has 0 saturated carbocycles. The number of carbonyl (C=O) groups excluding carboxylic acids is 3. The van der Waals surface area contributed by atoms with Gasteiger partial charge in [-0.2, -0.15) is 13.2 Å². The van der Waals surface area contributed by atoms with Crippen LogP contribution in [-0.4, -0.2) is 35.2 Å². The van der Waals surface area contributed by atoms with Crippen molar-refractivity contribution in [1.82, 2.24) is 4.90 Å². The van der Waals surface area contributed by atoms with E-state index in [1.165, 1.54) is 24.3 Å². The predicted molar refractivity (Wildman–Crippen MR) is 107 cm³/mol. The van der Waals surface area contributed by atoms with E-state index in [0.29, 0.717) is 19.4 Å². The molecule has 0 bridgehead atoms. The lowest BCUT2D eigenvalue weighted by atomic mass is 9.75. The minimum atomic E-state index is -4.71. The lowest BCUT2D eigenvalue weighted by Gasteiger charge is -2.36. The molecule has 1 N–H and O–H groups in total. The molecule has 0 unspecified atom stereocenters. The highest BCUT2D eigenvalue weighted by Crippen LogP contribution is 2.61. The molecule has 4 atom stereocenters. The lowest BCUT2D eigenvalue weighted by molar-refractivity contribution is -0.137. The summed E-state index contributed by atoms with van der Waals surface area (Å²) in [6.07, 6.45) is -3.52. The van der Waals surface area contributed by atoms with Crippen molar-refractivity contribution in [2.75, 3.05) is 16.8 Å². The SMILES string of the molecule is O=C1[C@@H]2[C@@H]3CCCN3[C@]3(C(=O)Nc4c(C(F)(F)F)cccc43)[C@H]2C(=O)N1c1ccc(F)cc1. The Morgan fingerprint density at radius 2 is 1.73 bits per heavy atom. The van der Waals surface area contributed by atoms with Gasteiger partial charge in [-0.25, -0.2) is 9.29 Å². The molecule has 2 aromatic rings. The first-order valence-corrected chi connectivity index (χ1v) is 10.6. The second kappa shape index (κ2) is 6.40. The summed E-state index contributed by atoms with van der Waals surface area (Å²) in [5, 5.41) is 2.40. The van der Waals surface area contributed by atoms with Crippen LogP contribution in [0.1, 0.15) is 24.0 Å². The molecule has 4 aliphatic heterocycles. The van der Waals surface area contributed by atoms with Crippen molar-refractivity contribution in [1.29, 1.82) is 0 Å². The van der Waals surface area contributed by atoms with Gasteiger partial charge >= 0.3 is 6.18 Å². The topological polar surface area (TPSA) is 69.7 Å². The summed E-state index contributed by atoms with van der Waals surface area (Å²) < 4.78 is 54.6. The van der Waals surface area contributed by atoms with Crippen molar-refractivity contribution in [3.63, 3.8) is 0 Å². The summed E-state index contributed by atoms with van der Waals surface area (Å²) in [6.45, 7) is 0.387. The second-order valence-corrected chi connectivity index (χ2v) is 8.84. The number of para-hydroxylation sites is 1. The average molecular weight is 459 g/mol. The van der Waals surface area contributed by atoms with Crippen molar-refractivity contribution in [2.24, 2.45) is 11.8 Å². The molecule has 3 saturated heterocycles. The van der Waals surface area contributed by atoms with E-state index in [1.807, 2.05) is 0 Å². The first-order chi connectivity index (χ1) is 15.7. The van der Waals surface area contributed by atoms with Crippen molar-refractivity contribution in [3.05, 3.63) is 59.4 Å². The standard InChI is InChI=1S/C23H17F4N3O3/c24-11-6-8-12(9-7-11)30-19(31)16-15-5-2-10-29(15)22(17(16)20(30)32)13-3-1-4-14(23(25,26)27)18(13)28-21(22)33/h1,3-4,6-9,15-17H,2,5,10H2,(H,28,33)/t15-,16+,17+,22-/m0/s1. The van der Waals surface area contributed by atoms with Crippen molar-refractivity contribution in [2.45, 2.75) is 30.6 Å². The molecule has 6 nitrogen and oxygen atoms in total. The molecule has 4 aliphatic rings. The van der Waals surface area contributed by atoms with Crippen molar-refractivity contribution < 1.29 is 31.9 Å². The van der Waals surface area contributed by atoms with E-state index in [9.17, 15) is 31.9 Å². The molecule has 3 fully saturated rings. The number of nitrogens with one attached hydrogen (secondary N) is 1. The number of hydrogen-bond acceptors (Lipinski definition) is 4. The van der Waals surface area contributed by atoms with Gasteiger partial charge in [0, 0.05) is 11.6 Å². The molecule has 33 heavy (non-hydrogen) atoms. The predicted octanol–water partition coefficient (Wildman–Crippen LogP) is 3.28. The van der Waals surface area contributed by atoms with Gasteiger partial charge in [-0.15, -0.1) is 0 Å². The van der Waals surface area contributed by atoms with Gasteiger partial charge in [0.1, 0.15) is 11.4 Å². The smallest absolute Gasteiger partial charge is 0.323 e. The van der Waals surface area contributed by atoms with E-state index in [2.05, 4.69) is 5.32 Å². The third-order valence-corrected chi connectivity index (χ3v) is 7.42. The molecule has 0 radical (unpaired) electrons. The number of halogens is 4. The Morgan fingerprint density at radius 3 is 2.42 bits per heavy atom. The Morgan fingerprint density at radius 1 is 1.00 bits per heavy atom. The van der Waals surface area contributed by atoms with Crippen LogP contribution < -0.4 is 10.2 Å². The maximum atomic E-state index is 13.7. The average Bonchev–Trinajstić information content (AvgIpc) is 3.46. The Bertz CT molecular complexity index is 1230. The minimum absolute atomic E-state index is 0.0730. The molecule has 0 aromatic heterocycles. The van der Waals surface area contributed by atoms with Gasteiger partial charge in [0.05, 0.1) is 28.8 Å². The number of amides is 3. The highest BCUT2D eigenvalue weighted by molar-refractivity contribution is 6.26. The normalized spacial score (nSPS) is 30.7. The van der Waals surface area contributed by atoms with Gasteiger partial charge in [0.2, 0.25) is 17.7 Å². The Hall–Kier alpha value is -3.27. The number of anilines is 2. The maximum absolute atomic E-state index is 13.7. The summed E-state index contributed by atoms with van der Waals surface area (Å²) in [4.78, 5) is 43.4. The van der Waals surface area contributed by atoms with E-state index in [-0.39, 0.29) is 16.9 Å². The van der Waals surface area contributed by atoms with Gasteiger partial charge < -0.3 is 5.32 Å². The van der Waals surface area contributed by atoms with Crippen LogP contribution in [0.3, 0.4) is 0 Å². The third-order valence-electron chi connectivity index (χ3n) is 7.42. The van der Waals surface area contributed by atoms with Crippen LogP contribution in [0.4, 0.5) is 28.9 Å². The second-order valence-electron chi connectivity index (χ2n) is 8.84. The first-order valence-electron chi connectivity index (χ1n) is 10.6. The maximum Gasteiger partial charge on any atom is 0.418 e. The highest BCUT2D eigenvalue weighted by atomic mass is 19.4. The van der Waals surface area contributed by atoms with Crippen LogP contribution in [0.25, 0.3) is 0 Å². The molecule has 2 aromatic carbocycles. The quantitative estimate of drug-likeness (QED) is 0.525. The molecular weight excluding hydrogens is 442 g/mol. The van der Waals surface area contributed by atoms with Crippen LogP contribution in [0.5, 0.6) is 0 Å². The summed E-state index contributed by atoms with van der Waals surface area (Å²) in [5.74, 6) is -4.50. The van der Waals surface area contributed by atoms with Gasteiger partial charge in [-0.05, 0) is 49.7 Å². The van der Waals surface area contributed by atoms with E-state index in [1.54, 1.807) is 4.90 Å². The van der Waals surface area contributed by atoms with E-state index in [4.69, 9.17) is 0 Å². The molecule has 3 amide bonds. The summed E-state index contributed by atoms with van der Waals surface area (Å²) in [7, 11) is 0. The fraction of sp³-hybridized carbons (Fsp3) is 0.348. The van der Waals surface area contributed by atoms with Gasteiger partial charge in [0.25, 0.3) is 0 Å². The molecule has 1 spiro atoms. The van der Waals surface area contributed by atoms with Crippen LogP contribution in [0.15, 0.2) is 42.5 Å². The number of fused-ring (bicyclic) bond motifs is 7. The van der Waals surface area contributed by atoms with Gasteiger partial charge in [-0.1, -0.05) is 12.1 Å². The fourth-order valence-electron chi connectivity index (χ4n) is 6.31. The summed E-state index contributed by atoms with van der Waals surface area (Å²) >= 11 is 0. The third kappa shape index (κ3) is 2.39. The zero-order valence-electron chi connectivity index (χ0n) is 17.0. The van der Waals surface area contributed by atoms with E-state index < -0.39 is 58.7 Å². The lowest BCUT2D eigenvalue weighted by Crippen LogP contribution is -2.54.